The second-order valence-electron chi connectivity index (χ2n) is 8.73. The minimum atomic E-state index is -3.74. The summed E-state index contributed by atoms with van der Waals surface area (Å²) in [5.74, 6) is 1.18. The van der Waals surface area contributed by atoms with Gasteiger partial charge < -0.3 is 19.4 Å². The lowest BCUT2D eigenvalue weighted by Gasteiger charge is -2.27. The van der Waals surface area contributed by atoms with E-state index in [1.54, 1.807) is 19.2 Å². The predicted molar refractivity (Wildman–Crippen MR) is 135 cm³/mol. The number of guanidine groups is 1. The first-order valence-electron chi connectivity index (χ1n) is 11.2. The van der Waals surface area contributed by atoms with Gasteiger partial charge in [-0.2, -0.15) is 8.42 Å². The number of hydrogen-bond donors (Lipinski definition) is 1. The van der Waals surface area contributed by atoms with Gasteiger partial charge in [-0.25, -0.2) is 4.99 Å². The maximum absolute atomic E-state index is 13.7. The number of carbonyl (C=O) groups excluding carboxylic acids is 1. The van der Waals surface area contributed by atoms with Gasteiger partial charge in [0, 0.05) is 19.5 Å². The lowest BCUT2D eigenvalue weighted by Crippen LogP contribution is -2.41. The van der Waals surface area contributed by atoms with Gasteiger partial charge in [0.15, 0.2) is 11.5 Å². The van der Waals surface area contributed by atoms with E-state index in [1.165, 1.54) is 18.1 Å². The van der Waals surface area contributed by atoms with Gasteiger partial charge in [0.05, 0.1) is 20.0 Å². The summed E-state index contributed by atoms with van der Waals surface area (Å²) in [5.41, 5.74) is 8.43. The summed E-state index contributed by atoms with van der Waals surface area (Å²) in [7, 11) is -0.660. The van der Waals surface area contributed by atoms with Crippen LogP contribution in [0.25, 0.3) is 11.1 Å². The number of nitrogens with zero attached hydrogens (tertiary/aromatic N) is 2. The van der Waals surface area contributed by atoms with Gasteiger partial charge in [-0.3, -0.25) is 9.69 Å². The Labute approximate surface area is 209 Å². The van der Waals surface area contributed by atoms with Crippen LogP contribution in [0.15, 0.2) is 65.7 Å². The van der Waals surface area contributed by atoms with Crippen molar-refractivity contribution in [3.05, 3.63) is 77.4 Å². The van der Waals surface area contributed by atoms with Gasteiger partial charge in [-0.1, -0.05) is 24.3 Å². The number of ether oxygens (including phenoxy) is 2. The molecule has 9 nitrogen and oxygen atoms in total. The minimum absolute atomic E-state index is 0.115. The molecule has 0 aromatic heterocycles. The first-order chi connectivity index (χ1) is 17.1. The zero-order valence-electron chi connectivity index (χ0n) is 20.0. The number of carbonyl (C=O) groups is 1. The zero-order chi connectivity index (χ0) is 25.7. The molecule has 2 N–H and O–H groups in total. The zero-order valence-corrected chi connectivity index (χ0v) is 20.8. The molecular formula is C26H25N3O6S. The minimum Gasteiger partial charge on any atom is -0.497 e. The van der Waals surface area contributed by atoms with Crippen molar-refractivity contribution < 1.29 is 26.9 Å². The lowest BCUT2D eigenvalue weighted by atomic mass is 9.81. The fourth-order valence-electron chi connectivity index (χ4n) is 4.60. The van der Waals surface area contributed by atoms with Crippen LogP contribution in [0.3, 0.4) is 0 Å². The summed E-state index contributed by atoms with van der Waals surface area (Å²) >= 11 is 0. The number of benzene rings is 3. The van der Waals surface area contributed by atoms with Gasteiger partial charge in [0.1, 0.15) is 17.2 Å². The Bertz CT molecular complexity index is 1520. The van der Waals surface area contributed by atoms with E-state index < -0.39 is 15.7 Å². The fraction of sp³-hybridized carbons (Fsp3) is 0.231. The molecule has 0 aliphatic carbocycles. The monoisotopic (exact) mass is 507 g/mol. The normalized spacial score (nSPS) is 19.0. The molecule has 10 heteroatoms. The third kappa shape index (κ3) is 4.03. The van der Waals surface area contributed by atoms with Crippen LogP contribution in [0, 0.1) is 0 Å². The average Bonchev–Trinajstić information content (AvgIpc) is 3.41. The highest BCUT2D eigenvalue weighted by atomic mass is 32.2. The van der Waals surface area contributed by atoms with E-state index in [0.717, 1.165) is 24.0 Å². The number of amides is 1. The molecule has 2 aliphatic rings. The summed E-state index contributed by atoms with van der Waals surface area (Å²) < 4.78 is 39.5. The summed E-state index contributed by atoms with van der Waals surface area (Å²) in [6.07, 6.45) is 1.72. The number of rotatable bonds is 6. The molecule has 0 spiro atoms. The van der Waals surface area contributed by atoms with Crippen molar-refractivity contribution >= 4 is 22.0 Å². The van der Waals surface area contributed by atoms with E-state index in [0.29, 0.717) is 34.6 Å². The predicted octanol–water partition coefficient (Wildman–Crippen LogP) is 2.67. The summed E-state index contributed by atoms with van der Waals surface area (Å²) in [6.45, 7) is 0.592. The SMILES string of the molecule is COc1cc(OS(C)(=O)=O)cc(-c2cccc(C3(c4ccc5c(c4)CCO5)N=C(N)N(C)C3=O)c2)c1. The molecule has 1 atom stereocenters. The molecule has 2 heterocycles. The van der Waals surface area contributed by atoms with E-state index in [4.69, 9.17) is 19.4 Å². The summed E-state index contributed by atoms with van der Waals surface area (Å²) in [6, 6.07) is 17.8. The molecular weight excluding hydrogens is 482 g/mol. The maximum atomic E-state index is 13.7. The van der Waals surface area contributed by atoms with E-state index in [-0.39, 0.29) is 17.6 Å². The van der Waals surface area contributed by atoms with Gasteiger partial charge in [0.2, 0.25) is 0 Å². The van der Waals surface area contributed by atoms with Crippen molar-refractivity contribution in [1.29, 1.82) is 0 Å². The lowest BCUT2D eigenvalue weighted by molar-refractivity contribution is -0.129. The van der Waals surface area contributed by atoms with Crippen LogP contribution >= 0.6 is 0 Å². The number of fused-ring (bicyclic) bond motifs is 1. The van der Waals surface area contributed by atoms with Crippen LogP contribution in [0.5, 0.6) is 17.2 Å². The van der Waals surface area contributed by atoms with Crippen molar-refractivity contribution in [3.63, 3.8) is 0 Å². The average molecular weight is 508 g/mol. The Morgan fingerprint density at radius 1 is 1.03 bits per heavy atom. The first-order valence-corrected chi connectivity index (χ1v) is 13.0. The van der Waals surface area contributed by atoms with Gasteiger partial charge in [0.25, 0.3) is 5.91 Å². The van der Waals surface area contributed by atoms with E-state index >= 15 is 0 Å². The highest BCUT2D eigenvalue weighted by Crippen LogP contribution is 2.43. The number of aliphatic imine (C=N–C) groups is 1. The molecule has 0 fully saturated rings. The maximum Gasteiger partial charge on any atom is 0.306 e. The third-order valence-electron chi connectivity index (χ3n) is 6.32. The van der Waals surface area contributed by atoms with Gasteiger partial charge in [-0.15, -0.1) is 0 Å². The number of methoxy groups -OCH3 is 1. The third-order valence-corrected chi connectivity index (χ3v) is 6.82. The molecule has 3 aromatic carbocycles. The number of hydrogen-bond acceptors (Lipinski definition) is 8. The van der Waals surface area contributed by atoms with Crippen molar-refractivity contribution in [2.75, 3.05) is 27.0 Å². The molecule has 0 radical (unpaired) electrons. The van der Waals surface area contributed by atoms with Gasteiger partial charge >= 0.3 is 10.1 Å². The van der Waals surface area contributed by atoms with Crippen LogP contribution < -0.4 is 19.4 Å². The molecule has 0 saturated carbocycles. The molecule has 0 bridgehead atoms. The molecule has 1 unspecified atom stereocenters. The topological polar surface area (TPSA) is 121 Å². The number of likely N-dealkylation sites (N-methyl/N-ethyl adjacent to an activating group) is 1. The molecule has 1 amide bonds. The smallest absolute Gasteiger partial charge is 0.306 e. The summed E-state index contributed by atoms with van der Waals surface area (Å²) in [5, 5.41) is 0. The fourth-order valence-corrected chi connectivity index (χ4v) is 5.04. The quantitative estimate of drug-likeness (QED) is 0.509. The Kier molecular flexibility index (Phi) is 5.63. The molecule has 2 aliphatic heterocycles. The van der Waals surface area contributed by atoms with Crippen molar-refractivity contribution in [2.45, 2.75) is 12.0 Å². The Hall–Kier alpha value is -4.05. The van der Waals surface area contributed by atoms with Gasteiger partial charge in [-0.05, 0) is 58.1 Å². The first kappa shape index (κ1) is 23.7. The highest BCUT2D eigenvalue weighted by Gasteiger charge is 2.49. The van der Waals surface area contributed by atoms with Crippen LogP contribution in [0.4, 0.5) is 0 Å². The Balaban J connectivity index is 1.67. The molecule has 186 valence electrons. The Morgan fingerprint density at radius 3 is 2.47 bits per heavy atom. The molecule has 3 aromatic rings. The van der Waals surface area contributed by atoms with E-state index in [9.17, 15) is 13.2 Å². The van der Waals surface area contributed by atoms with Crippen molar-refractivity contribution in [3.8, 4) is 28.4 Å². The van der Waals surface area contributed by atoms with Crippen LogP contribution in [0.1, 0.15) is 16.7 Å². The van der Waals surface area contributed by atoms with Crippen LogP contribution in [-0.2, 0) is 26.9 Å². The van der Waals surface area contributed by atoms with Crippen LogP contribution in [0.2, 0.25) is 0 Å². The number of nitrogens with two attached hydrogens (primary N) is 1. The van der Waals surface area contributed by atoms with E-state index in [1.807, 2.05) is 42.5 Å². The van der Waals surface area contributed by atoms with Crippen LogP contribution in [-0.4, -0.2) is 52.2 Å². The highest BCUT2D eigenvalue weighted by molar-refractivity contribution is 7.86. The largest absolute Gasteiger partial charge is 0.497 e. The van der Waals surface area contributed by atoms with Crippen molar-refractivity contribution in [2.24, 2.45) is 10.7 Å². The van der Waals surface area contributed by atoms with Crippen molar-refractivity contribution in [1.82, 2.24) is 4.90 Å². The standard InChI is InChI=1S/C26H25N3O6S/c1-29-24(30)26(28-25(29)27,20-7-8-23-17(12-20)9-10-34-23)19-6-4-5-16(11-19)18-13-21(33-2)15-22(14-18)35-36(3,31)32/h4-8,11-15H,9-10H2,1-3H3,(H2,27,28). The molecule has 0 saturated heterocycles. The van der Waals surface area contributed by atoms with E-state index in [2.05, 4.69) is 4.99 Å². The molecule has 36 heavy (non-hydrogen) atoms. The second-order valence-corrected chi connectivity index (χ2v) is 10.3. The summed E-state index contributed by atoms with van der Waals surface area (Å²) in [4.78, 5) is 19.7. The second kappa shape index (κ2) is 8.56. The Morgan fingerprint density at radius 2 is 1.78 bits per heavy atom. The molecule has 5 rings (SSSR count).